The van der Waals surface area contributed by atoms with E-state index in [-0.39, 0.29) is 12.3 Å². The van der Waals surface area contributed by atoms with E-state index in [9.17, 15) is 14.4 Å². The minimum absolute atomic E-state index is 0.0828. The number of ketones is 1. The smallest absolute Gasteiger partial charge is 0.322 e. The lowest BCUT2D eigenvalue weighted by molar-refractivity contribution is -0.118. The minimum Gasteiger partial charge on any atom is -0.368 e. The van der Waals surface area contributed by atoms with E-state index in [1.807, 2.05) is 0 Å². The van der Waals surface area contributed by atoms with Crippen molar-refractivity contribution in [3.8, 4) is 0 Å². The molecule has 0 aliphatic heterocycles. The number of primary amides is 1. The van der Waals surface area contributed by atoms with Crippen molar-refractivity contribution in [1.82, 2.24) is 4.90 Å². The molecule has 0 aromatic heterocycles. The molecule has 3 N–H and O–H groups in total. The van der Waals surface area contributed by atoms with E-state index in [2.05, 4.69) is 5.32 Å². The molecule has 6 heteroatoms. The molecule has 0 saturated heterocycles. The summed E-state index contributed by atoms with van der Waals surface area (Å²) in [6.45, 7) is 3.41. The Labute approximate surface area is 111 Å². The first-order chi connectivity index (χ1) is 8.93. The number of Topliss-reactive ketones (excluding diaryl/α,β-unsaturated/α-hetero) is 1. The fourth-order valence-corrected chi connectivity index (χ4v) is 1.53. The highest BCUT2D eigenvalue weighted by molar-refractivity contribution is 5.97. The van der Waals surface area contributed by atoms with Crippen molar-refractivity contribution in [2.45, 2.75) is 13.8 Å². The molecule has 19 heavy (non-hydrogen) atoms. The molecule has 0 bridgehead atoms. The highest BCUT2D eigenvalue weighted by atomic mass is 16.2. The number of hydrogen-bond acceptors (Lipinski definition) is 3. The zero-order valence-corrected chi connectivity index (χ0v) is 11.0. The second-order valence-corrected chi connectivity index (χ2v) is 4.05. The first kappa shape index (κ1) is 14.7. The number of nitrogens with two attached hydrogens (primary N) is 1. The van der Waals surface area contributed by atoms with E-state index in [0.717, 1.165) is 0 Å². The van der Waals surface area contributed by atoms with Gasteiger partial charge in [-0.1, -0.05) is 12.1 Å². The van der Waals surface area contributed by atoms with Crippen LogP contribution in [-0.2, 0) is 4.79 Å². The van der Waals surface area contributed by atoms with Crippen LogP contribution in [0.15, 0.2) is 24.3 Å². The Morgan fingerprint density at radius 1 is 1.32 bits per heavy atom. The Morgan fingerprint density at radius 3 is 2.53 bits per heavy atom. The number of benzene rings is 1. The first-order valence-corrected chi connectivity index (χ1v) is 5.89. The predicted molar refractivity (Wildman–Crippen MR) is 71.9 cm³/mol. The molecule has 0 heterocycles. The molecule has 102 valence electrons. The molecule has 3 amide bonds. The maximum absolute atomic E-state index is 11.9. The summed E-state index contributed by atoms with van der Waals surface area (Å²) in [6, 6.07) is 6.17. The third-order valence-corrected chi connectivity index (χ3v) is 2.54. The van der Waals surface area contributed by atoms with Gasteiger partial charge in [0.2, 0.25) is 5.91 Å². The summed E-state index contributed by atoms with van der Waals surface area (Å²) in [5.74, 6) is -0.657. The Kier molecular flexibility index (Phi) is 5.05. The average Bonchev–Trinajstić information content (AvgIpc) is 2.35. The van der Waals surface area contributed by atoms with Gasteiger partial charge in [0.05, 0.1) is 0 Å². The fraction of sp³-hybridized carbons (Fsp3) is 0.308. The van der Waals surface area contributed by atoms with Gasteiger partial charge in [-0.3, -0.25) is 9.59 Å². The van der Waals surface area contributed by atoms with Crippen LogP contribution >= 0.6 is 0 Å². The molecule has 0 atom stereocenters. The van der Waals surface area contributed by atoms with Gasteiger partial charge in [-0.15, -0.1) is 0 Å². The molecular formula is C13H17N3O3. The van der Waals surface area contributed by atoms with Crippen molar-refractivity contribution >= 4 is 23.4 Å². The second-order valence-electron chi connectivity index (χ2n) is 4.05. The number of carbonyl (C=O) groups is 3. The van der Waals surface area contributed by atoms with Gasteiger partial charge in [-0.05, 0) is 26.0 Å². The second kappa shape index (κ2) is 6.53. The summed E-state index contributed by atoms with van der Waals surface area (Å²) >= 11 is 0. The topological polar surface area (TPSA) is 92.5 Å². The van der Waals surface area contributed by atoms with Crippen molar-refractivity contribution < 1.29 is 14.4 Å². The number of urea groups is 1. The normalized spacial score (nSPS) is 9.79. The summed E-state index contributed by atoms with van der Waals surface area (Å²) in [6.07, 6.45) is 0. The molecule has 0 aliphatic rings. The van der Waals surface area contributed by atoms with Crippen LogP contribution in [0, 0.1) is 0 Å². The van der Waals surface area contributed by atoms with Crippen LogP contribution in [0.3, 0.4) is 0 Å². The average molecular weight is 263 g/mol. The molecule has 6 nitrogen and oxygen atoms in total. The van der Waals surface area contributed by atoms with Crippen LogP contribution in [-0.4, -0.2) is 35.7 Å². The van der Waals surface area contributed by atoms with Crippen LogP contribution in [0.25, 0.3) is 0 Å². The number of nitrogens with one attached hydrogen (secondary N) is 1. The highest BCUT2D eigenvalue weighted by Gasteiger charge is 2.14. The quantitative estimate of drug-likeness (QED) is 0.782. The van der Waals surface area contributed by atoms with E-state index < -0.39 is 11.9 Å². The molecule has 0 saturated carbocycles. The highest BCUT2D eigenvalue weighted by Crippen LogP contribution is 2.11. The summed E-state index contributed by atoms with van der Waals surface area (Å²) < 4.78 is 0. The number of anilines is 1. The SMILES string of the molecule is CCN(CC(N)=O)C(=O)Nc1cccc(C(C)=O)c1. The molecule has 0 fully saturated rings. The molecule has 1 aromatic carbocycles. The Balaban J connectivity index is 2.78. The van der Waals surface area contributed by atoms with E-state index in [1.54, 1.807) is 31.2 Å². The van der Waals surface area contributed by atoms with Crippen molar-refractivity contribution in [2.24, 2.45) is 5.73 Å². The van der Waals surface area contributed by atoms with Crippen LogP contribution in [0.2, 0.25) is 0 Å². The number of carbonyl (C=O) groups excluding carboxylic acids is 3. The summed E-state index contributed by atoms with van der Waals surface area (Å²) in [5.41, 5.74) is 6.07. The van der Waals surface area contributed by atoms with Crippen molar-refractivity contribution in [1.29, 1.82) is 0 Å². The predicted octanol–water partition coefficient (Wildman–Crippen LogP) is 1.23. The Bertz CT molecular complexity index is 500. The van der Waals surface area contributed by atoms with Crippen molar-refractivity contribution in [3.05, 3.63) is 29.8 Å². The number of likely N-dealkylation sites (N-methyl/N-ethyl adjacent to an activating group) is 1. The largest absolute Gasteiger partial charge is 0.368 e. The van der Waals surface area contributed by atoms with Crippen molar-refractivity contribution in [3.63, 3.8) is 0 Å². The van der Waals surface area contributed by atoms with Crippen LogP contribution in [0.1, 0.15) is 24.2 Å². The zero-order chi connectivity index (χ0) is 14.4. The third kappa shape index (κ3) is 4.42. The van der Waals surface area contributed by atoms with Gasteiger partial charge in [0, 0.05) is 17.8 Å². The monoisotopic (exact) mass is 263 g/mol. The van der Waals surface area contributed by atoms with Gasteiger partial charge in [0.1, 0.15) is 6.54 Å². The molecular weight excluding hydrogens is 246 g/mol. The third-order valence-electron chi connectivity index (χ3n) is 2.54. The number of nitrogens with zero attached hydrogens (tertiary/aromatic N) is 1. The summed E-state index contributed by atoms with van der Waals surface area (Å²) in [4.78, 5) is 35.2. The lowest BCUT2D eigenvalue weighted by Crippen LogP contribution is -2.40. The number of amides is 3. The maximum Gasteiger partial charge on any atom is 0.322 e. The molecule has 0 spiro atoms. The summed E-state index contributed by atoms with van der Waals surface area (Å²) in [5, 5.41) is 2.62. The Morgan fingerprint density at radius 2 is 2.00 bits per heavy atom. The van der Waals surface area contributed by atoms with Crippen LogP contribution < -0.4 is 11.1 Å². The van der Waals surface area contributed by atoms with Gasteiger partial charge in [-0.25, -0.2) is 4.79 Å². The fourth-order valence-electron chi connectivity index (χ4n) is 1.53. The van der Waals surface area contributed by atoms with Gasteiger partial charge < -0.3 is 16.0 Å². The van der Waals surface area contributed by atoms with E-state index >= 15 is 0 Å². The van der Waals surface area contributed by atoms with Crippen LogP contribution in [0.5, 0.6) is 0 Å². The summed E-state index contributed by atoms with van der Waals surface area (Å²) in [7, 11) is 0. The molecule has 0 unspecified atom stereocenters. The maximum atomic E-state index is 11.9. The van der Waals surface area contributed by atoms with E-state index in [1.165, 1.54) is 11.8 Å². The van der Waals surface area contributed by atoms with Gasteiger partial charge in [0.15, 0.2) is 5.78 Å². The molecule has 0 radical (unpaired) electrons. The number of rotatable bonds is 5. The first-order valence-electron chi connectivity index (χ1n) is 5.89. The standard InChI is InChI=1S/C13H17N3O3/c1-3-16(8-12(14)18)13(19)15-11-6-4-5-10(7-11)9(2)17/h4-7H,3,8H2,1-2H3,(H2,14,18)(H,15,19). The number of hydrogen-bond donors (Lipinski definition) is 2. The van der Waals surface area contributed by atoms with Crippen LogP contribution in [0.4, 0.5) is 10.5 Å². The molecule has 1 aromatic rings. The lowest BCUT2D eigenvalue weighted by atomic mass is 10.1. The molecule has 1 rings (SSSR count). The van der Waals surface area contributed by atoms with E-state index in [0.29, 0.717) is 17.8 Å². The van der Waals surface area contributed by atoms with Gasteiger partial charge in [0.25, 0.3) is 0 Å². The zero-order valence-electron chi connectivity index (χ0n) is 11.0. The van der Waals surface area contributed by atoms with Gasteiger partial charge >= 0.3 is 6.03 Å². The van der Waals surface area contributed by atoms with Crippen molar-refractivity contribution in [2.75, 3.05) is 18.4 Å². The van der Waals surface area contributed by atoms with Gasteiger partial charge in [-0.2, -0.15) is 0 Å². The molecule has 0 aliphatic carbocycles. The minimum atomic E-state index is -0.575. The Hall–Kier alpha value is -2.37. The van der Waals surface area contributed by atoms with E-state index in [4.69, 9.17) is 5.73 Å². The lowest BCUT2D eigenvalue weighted by Gasteiger charge is -2.19.